The van der Waals surface area contributed by atoms with Crippen molar-refractivity contribution in [1.29, 1.82) is 0 Å². The van der Waals surface area contributed by atoms with Crippen LogP contribution in [0.5, 0.6) is 0 Å². The normalized spacial score (nSPS) is 11.8. The first-order valence-electron chi connectivity index (χ1n) is 8.38. The Kier molecular flexibility index (Phi) is 5.81. The number of rotatable bonds is 6. The molecule has 3 aromatic rings. The Hall–Kier alpha value is -2.92. The fraction of sp³-hybridized carbons (Fsp3) is 0.143. The van der Waals surface area contributed by atoms with Gasteiger partial charge in [0, 0.05) is 31.7 Å². The summed E-state index contributed by atoms with van der Waals surface area (Å²) in [6.45, 7) is 4.56. The molecule has 0 bridgehead atoms. The van der Waals surface area contributed by atoms with Gasteiger partial charge in [0.1, 0.15) is 0 Å². The van der Waals surface area contributed by atoms with Crippen LogP contribution >= 0.6 is 11.3 Å². The van der Waals surface area contributed by atoms with Crippen LogP contribution in [0.2, 0.25) is 0 Å². The summed E-state index contributed by atoms with van der Waals surface area (Å²) in [5.41, 5.74) is 4.47. The number of nitrogens with zero attached hydrogens (tertiary/aromatic N) is 4. The van der Waals surface area contributed by atoms with Gasteiger partial charge in [-0.25, -0.2) is 0 Å². The molecule has 4 nitrogen and oxygen atoms in total. The third kappa shape index (κ3) is 4.18. The summed E-state index contributed by atoms with van der Waals surface area (Å²) in [6, 6.07) is 18.5. The van der Waals surface area contributed by atoms with Crippen molar-refractivity contribution in [2.75, 3.05) is 19.0 Å². The van der Waals surface area contributed by atoms with Crippen molar-refractivity contribution < 1.29 is 0 Å². The molecule has 0 saturated carbocycles. The van der Waals surface area contributed by atoms with E-state index in [9.17, 15) is 0 Å². The smallest absolute Gasteiger partial charge is 0.211 e. The van der Waals surface area contributed by atoms with Crippen molar-refractivity contribution in [3.63, 3.8) is 0 Å². The lowest BCUT2D eigenvalue weighted by molar-refractivity contribution is 0.789. The molecule has 0 aliphatic carbocycles. The molecule has 0 spiro atoms. The van der Waals surface area contributed by atoms with Crippen molar-refractivity contribution in [3.05, 3.63) is 83.0 Å². The summed E-state index contributed by atoms with van der Waals surface area (Å²) < 4.78 is 2.12. The molecular formula is C21H22N4S. The molecular weight excluding hydrogens is 340 g/mol. The topological polar surface area (TPSA) is 32.9 Å². The molecule has 0 fully saturated rings. The summed E-state index contributed by atoms with van der Waals surface area (Å²) in [5, 5.41) is 10.8. The highest BCUT2D eigenvalue weighted by Crippen LogP contribution is 2.19. The number of aromatic nitrogens is 1. The van der Waals surface area contributed by atoms with E-state index in [1.54, 1.807) is 17.6 Å². The van der Waals surface area contributed by atoms with Crippen LogP contribution in [-0.4, -0.2) is 24.9 Å². The van der Waals surface area contributed by atoms with Gasteiger partial charge in [0.15, 0.2) is 0 Å². The first-order chi connectivity index (χ1) is 12.7. The van der Waals surface area contributed by atoms with Gasteiger partial charge < -0.3 is 9.47 Å². The maximum atomic E-state index is 4.42. The van der Waals surface area contributed by atoms with E-state index >= 15 is 0 Å². The van der Waals surface area contributed by atoms with Crippen LogP contribution in [0.1, 0.15) is 5.56 Å². The van der Waals surface area contributed by atoms with Gasteiger partial charge in [-0.2, -0.15) is 5.10 Å². The van der Waals surface area contributed by atoms with Crippen LogP contribution in [0, 0.1) is 0 Å². The lowest BCUT2D eigenvalue weighted by Crippen LogP contribution is -2.14. The van der Waals surface area contributed by atoms with Crippen molar-refractivity contribution in [1.82, 2.24) is 4.57 Å². The molecule has 0 atom stereocenters. The maximum absolute atomic E-state index is 4.42. The van der Waals surface area contributed by atoms with Gasteiger partial charge in [0.2, 0.25) is 4.80 Å². The Morgan fingerprint density at radius 1 is 1.08 bits per heavy atom. The van der Waals surface area contributed by atoms with Crippen LogP contribution < -0.4 is 9.70 Å². The molecule has 2 aromatic carbocycles. The zero-order valence-electron chi connectivity index (χ0n) is 15.0. The van der Waals surface area contributed by atoms with Gasteiger partial charge in [-0.05, 0) is 23.3 Å². The monoisotopic (exact) mass is 362 g/mol. The van der Waals surface area contributed by atoms with Crippen molar-refractivity contribution in [2.45, 2.75) is 6.54 Å². The van der Waals surface area contributed by atoms with Gasteiger partial charge in [0.05, 0.1) is 11.9 Å². The van der Waals surface area contributed by atoms with Crippen molar-refractivity contribution in [2.24, 2.45) is 10.2 Å². The standard InChI is InChI=1S/C21H22N4S/c1-4-14-25-20(18-8-6-5-7-9-18)16-26-21(25)23-22-15-17-10-12-19(13-11-17)24(2)3/h4-13,15-16H,1,14H2,2-3H3. The Labute approximate surface area is 158 Å². The lowest BCUT2D eigenvalue weighted by Gasteiger charge is -2.11. The fourth-order valence-electron chi connectivity index (χ4n) is 2.56. The SMILES string of the molecule is C=CCn1c(-c2ccccc2)csc1=NN=Cc1ccc(N(C)C)cc1. The minimum absolute atomic E-state index is 0.694. The van der Waals surface area contributed by atoms with Crippen LogP contribution in [0.3, 0.4) is 0 Å². The van der Waals surface area contributed by atoms with E-state index < -0.39 is 0 Å². The van der Waals surface area contributed by atoms with Crippen molar-refractivity contribution >= 4 is 23.2 Å². The molecule has 0 aliphatic rings. The molecule has 0 aliphatic heterocycles. The number of hydrogen-bond donors (Lipinski definition) is 0. The van der Waals surface area contributed by atoms with E-state index in [4.69, 9.17) is 0 Å². The highest BCUT2D eigenvalue weighted by atomic mass is 32.1. The number of anilines is 1. The molecule has 3 rings (SSSR count). The predicted molar refractivity (Wildman–Crippen MR) is 112 cm³/mol. The summed E-state index contributed by atoms with van der Waals surface area (Å²) in [4.78, 5) is 2.92. The maximum Gasteiger partial charge on any atom is 0.211 e. The Bertz CT molecular complexity index is 948. The first kappa shape index (κ1) is 17.9. The first-order valence-corrected chi connectivity index (χ1v) is 9.26. The van der Waals surface area contributed by atoms with Crippen LogP contribution in [0.4, 0.5) is 5.69 Å². The van der Waals surface area contributed by atoms with Crippen LogP contribution in [0.25, 0.3) is 11.3 Å². The third-order valence-electron chi connectivity index (χ3n) is 3.94. The van der Waals surface area contributed by atoms with E-state index in [-0.39, 0.29) is 0 Å². The Morgan fingerprint density at radius 2 is 1.81 bits per heavy atom. The second-order valence-electron chi connectivity index (χ2n) is 6.00. The molecule has 0 saturated heterocycles. The zero-order chi connectivity index (χ0) is 18.4. The fourth-order valence-corrected chi connectivity index (χ4v) is 3.43. The molecule has 0 amide bonds. The quantitative estimate of drug-likeness (QED) is 0.363. The van der Waals surface area contributed by atoms with Crippen molar-refractivity contribution in [3.8, 4) is 11.3 Å². The molecule has 0 radical (unpaired) electrons. The van der Waals surface area contributed by atoms with Gasteiger partial charge >= 0.3 is 0 Å². The summed E-state index contributed by atoms with van der Waals surface area (Å²) in [7, 11) is 4.05. The summed E-state index contributed by atoms with van der Waals surface area (Å²) in [6.07, 6.45) is 3.65. The van der Waals surface area contributed by atoms with Crippen LogP contribution in [-0.2, 0) is 6.54 Å². The Balaban J connectivity index is 1.88. The average molecular weight is 363 g/mol. The molecule has 5 heteroatoms. The summed E-state index contributed by atoms with van der Waals surface area (Å²) >= 11 is 1.58. The minimum Gasteiger partial charge on any atom is -0.378 e. The molecule has 26 heavy (non-hydrogen) atoms. The Morgan fingerprint density at radius 3 is 2.46 bits per heavy atom. The zero-order valence-corrected chi connectivity index (χ0v) is 15.9. The highest BCUT2D eigenvalue weighted by Gasteiger charge is 2.06. The van der Waals surface area contributed by atoms with Gasteiger partial charge in [-0.3, -0.25) is 0 Å². The second kappa shape index (κ2) is 8.45. The van der Waals surface area contributed by atoms with Gasteiger partial charge in [-0.15, -0.1) is 23.0 Å². The van der Waals surface area contributed by atoms with E-state index in [0.29, 0.717) is 6.54 Å². The molecule has 0 unspecified atom stereocenters. The molecule has 132 valence electrons. The largest absolute Gasteiger partial charge is 0.378 e. The number of thiazole rings is 1. The van der Waals surface area contributed by atoms with Gasteiger partial charge in [-0.1, -0.05) is 48.5 Å². The number of benzene rings is 2. The third-order valence-corrected chi connectivity index (χ3v) is 4.79. The molecule has 1 heterocycles. The second-order valence-corrected chi connectivity index (χ2v) is 6.84. The number of allylic oxidation sites excluding steroid dienone is 1. The number of hydrogen-bond acceptors (Lipinski definition) is 4. The minimum atomic E-state index is 0.694. The van der Waals surface area contributed by atoms with Crippen LogP contribution in [0.15, 0.2) is 82.8 Å². The van der Waals surface area contributed by atoms with Gasteiger partial charge in [0.25, 0.3) is 0 Å². The van der Waals surface area contributed by atoms with E-state index in [1.807, 2.05) is 50.5 Å². The average Bonchev–Trinajstić information content (AvgIpc) is 3.06. The highest BCUT2D eigenvalue weighted by molar-refractivity contribution is 7.07. The lowest BCUT2D eigenvalue weighted by atomic mass is 10.2. The molecule has 1 aromatic heterocycles. The van der Waals surface area contributed by atoms with E-state index in [0.717, 1.165) is 27.3 Å². The van der Waals surface area contributed by atoms with E-state index in [2.05, 4.69) is 55.9 Å². The van der Waals surface area contributed by atoms with E-state index in [1.165, 1.54) is 0 Å². The predicted octanol–water partition coefficient (Wildman–Crippen LogP) is 4.40. The summed E-state index contributed by atoms with van der Waals surface area (Å²) in [5.74, 6) is 0. The molecule has 0 N–H and O–H groups in total.